The molecule has 1 aromatic heterocycles. The van der Waals surface area contributed by atoms with Gasteiger partial charge in [-0.3, -0.25) is 9.48 Å². The molecule has 1 aromatic carbocycles. The van der Waals surface area contributed by atoms with Crippen LogP contribution in [-0.2, 0) is 16.0 Å². The third-order valence-electron chi connectivity index (χ3n) is 4.95. The van der Waals surface area contributed by atoms with Crippen LogP contribution in [0.25, 0.3) is 10.9 Å². The number of Topliss-reactive ketones (excluding diaryl/α,β-unsaturated/α-hetero) is 1. The smallest absolute Gasteiger partial charge is 0.180 e. The molecule has 7 nitrogen and oxygen atoms in total. The maximum Gasteiger partial charge on any atom is 0.180 e. The van der Waals surface area contributed by atoms with E-state index < -0.39 is 6.10 Å². The summed E-state index contributed by atoms with van der Waals surface area (Å²) in [6.07, 6.45) is -1.49. The van der Waals surface area contributed by atoms with Gasteiger partial charge in [0.25, 0.3) is 0 Å². The summed E-state index contributed by atoms with van der Waals surface area (Å²) in [5.74, 6) is 0.566. The van der Waals surface area contributed by atoms with Crippen molar-refractivity contribution in [2.45, 2.75) is 58.7 Å². The van der Waals surface area contributed by atoms with Crippen molar-refractivity contribution in [2.75, 3.05) is 13.2 Å². The molecule has 2 aromatic rings. The topological polar surface area (TPSA) is 82.8 Å². The van der Waals surface area contributed by atoms with Gasteiger partial charge in [0, 0.05) is 18.9 Å². The van der Waals surface area contributed by atoms with Gasteiger partial charge in [-0.2, -0.15) is 5.10 Å². The molecule has 0 unspecified atom stereocenters. The van der Waals surface area contributed by atoms with E-state index in [1.54, 1.807) is 0 Å². The number of nitrogens with zero attached hydrogens (tertiary/aromatic N) is 2. The molecule has 0 spiro atoms. The van der Waals surface area contributed by atoms with Crippen molar-refractivity contribution < 1.29 is 24.1 Å². The van der Waals surface area contributed by atoms with Gasteiger partial charge in [0.05, 0.1) is 18.7 Å². The number of aromatic nitrogens is 2. The molecule has 4 atom stereocenters. The molecule has 1 N–H and O–H groups in total. The van der Waals surface area contributed by atoms with E-state index in [9.17, 15) is 9.90 Å². The number of hydrogen-bond donors (Lipinski definition) is 1. The first kappa shape index (κ1) is 18.4. The second-order valence-electron chi connectivity index (χ2n) is 8.62. The molecule has 0 bridgehead atoms. The summed E-state index contributed by atoms with van der Waals surface area (Å²) in [5, 5.41) is 15.2. The number of fused-ring (bicyclic) bond motifs is 2. The summed E-state index contributed by atoms with van der Waals surface area (Å²) < 4.78 is 19.2. The van der Waals surface area contributed by atoms with Gasteiger partial charge in [-0.15, -0.1) is 0 Å². The molecule has 0 aliphatic carbocycles. The molecule has 0 radical (unpaired) electrons. The third kappa shape index (κ3) is 3.47. The minimum absolute atomic E-state index is 0.0407. The van der Waals surface area contributed by atoms with Gasteiger partial charge in [-0.05, 0) is 23.6 Å². The zero-order valence-electron chi connectivity index (χ0n) is 16.1. The van der Waals surface area contributed by atoms with E-state index in [0.717, 1.165) is 10.9 Å². The Labute approximate surface area is 158 Å². The maximum absolute atomic E-state index is 12.1. The molecule has 7 heteroatoms. The highest BCUT2D eigenvalue weighted by atomic mass is 16.6. The molecular weight excluding hydrogens is 348 g/mol. The highest BCUT2D eigenvalue weighted by Crippen LogP contribution is 2.32. The average Bonchev–Trinajstić information content (AvgIpc) is 3.23. The predicted octanol–water partition coefficient (Wildman–Crippen LogP) is 2.19. The van der Waals surface area contributed by atoms with E-state index in [-0.39, 0.29) is 36.1 Å². The SMILES string of the molecule is CC(=O)c1nn(CC(C)(C)C)c2ccc(O[C@@H]3CO[C@H]4[C@@H]3OC[C@H]4O)cc12. The lowest BCUT2D eigenvalue weighted by molar-refractivity contribution is 0.00865. The highest BCUT2D eigenvalue weighted by Gasteiger charge is 2.48. The monoisotopic (exact) mass is 374 g/mol. The molecular formula is C20H26N2O5. The Bertz CT molecular complexity index is 869. The number of benzene rings is 1. The number of ketones is 1. The Hall–Kier alpha value is -1.96. The van der Waals surface area contributed by atoms with Crippen molar-refractivity contribution in [3.63, 3.8) is 0 Å². The largest absolute Gasteiger partial charge is 0.485 e. The molecule has 2 aliphatic heterocycles. The molecule has 2 aliphatic rings. The number of aliphatic hydroxyl groups is 1. The quantitative estimate of drug-likeness (QED) is 0.826. The van der Waals surface area contributed by atoms with Gasteiger partial charge < -0.3 is 19.3 Å². The summed E-state index contributed by atoms with van der Waals surface area (Å²) in [6, 6.07) is 5.68. The Morgan fingerprint density at radius 1 is 1.30 bits per heavy atom. The lowest BCUT2D eigenvalue weighted by Gasteiger charge is -2.19. The fourth-order valence-corrected chi connectivity index (χ4v) is 3.78. The first-order valence-electron chi connectivity index (χ1n) is 9.32. The first-order chi connectivity index (χ1) is 12.7. The summed E-state index contributed by atoms with van der Waals surface area (Å²) in [5.41, 5.74) is 1.40. The minimum Gasteiger partial charge on any atom is -0.485 e. The summed E-state index contributed by atoms with van der Waals surface area (Å²) in [4.78, 5) is 12.1. The van der Waals surface area contributed by atoms with Crippen molar-refractivity contribution in [3.05, 3.63) is 23.9 Å². The van der Waals surface area contributed by atoms with Gasteiger partial charge in [0.2, 0.25) is 0 Å². The third-order valence-corrected chi connectivity index (χ3v) is 4.95. The maximum atomic E-state index is 12.1. The van der Waals surface area contributed by atoms with Crippen molar-refractivity contribution in [1.29, 1.82) is 0 Å². The molecule has 0 saturated carbocycles. The zero-order valence-corrected chi connectivity index (χ0v) is 16.1. The second-order valence-corrected chi connectivity index (χ2v) is 8.62. The first-order valence-corrected chi connectivity index (χ1v) is 9.32. The van der Waals surface area contributed by atoms with Gasteiger partial charge in [-0.1, -0.05) is 20.8 Å². The molecule has 27 heavy (non-hydrogen) atoms. The van der Waals surface area contributed by atoms with Crippen LogP contribution in [0.4, 0.5) is 0 Å². The fourth-order valence-electron chi connectivity index (χ4n) is 3.78. The second kappa shape index (κ2) is 6.58. The van der Waals surface area contributed by atoms with Crippen LogP contribution in [-0.4, -0.2) is 58.3 Å². The Balaban J connectivity index is 1.64. The lowest BCUT2D eigenvalue weighted by Crippen LogP contribution is -2.34. The van der Waals surface area contributed by atoms with E-state index in [2.05, 4.69) is 25.9 Å². The normalized spacial score (nSPS) is 27.9. The van der Waals surface area contributed by atoms with Crippen LogP contribution in [0.15, 0.2) is 18.2 Å². The number of rotatable bonds is 4. The number of ether oxygens (including phenoxy) is 3. The van der Waals surface area contributed by atoms with E-state index >= 15 is 0 Å². The van der Waals surface area contributed by atoms with Crippen LogP contribution >= 0.6 is 0 Å². The van der Waals surface area contributed by atoms with Gasteiger partial charge in [0.15, 0.2) is 11.9 Å². The number of carbonyl (C=O) groups excluding carboxylic acids is 1. The standard InChI is InChI=1S/C20H26N2O5/c1-11(23)17-13-7-12(5-6-14(13)22(21-17)10-20(2,3)4)27-16-9-26-18-15(24)8-25-19(16)18/h5-7,15-16,18-19,24H,8-10H2,1-4H3/t15-,16-,18-,19-/m1/s1. The van der Waals surface area contributed by atoms with Crippen LogP contribution in [0.3, 0.4) is 0 Å². The van der Waals surface area contributed by atoms with Gasteiger partial charge in [-0.25, -0.2) is 0 Å². The number of aliphatic hydroxyl groups excluding tert-OH is 1. The van der Waals surface area contributed by atoms with Crippen LogP contribution in [0.2, 0.25) is 0 Å². The predicted molar refractivity (Wildman–Crippen MR) is 99.1 cm³/mol. The molecule has 3 heterocycles. The van der Waals surface area contributed by atoms with E-state index in [1.165, 1.54) is 6.92 Å². The van der Waals surface area contributed by atoms with E-state index in [4.69, 9.17) is 14.2 Å². The number of hydrogen-bond acceptors (Lipinski definition) is 6. The van der Waals surface area contributed by atoms with Crippen molar-refractivity contribution >= 4 is 16.7 Å². The van der Waals surface area contributed by atoms with Crippen molar-refractivity contribution in [3.8, 4) is 5.75 Å². The van der Waals surface area contributed by atoms with E-state index in [1.807, 2.05) is 22.9 Å². The number of carbonyl (C=O) groups is 1. The molecule has 4 rings (SSSR count). The fraction of sp³-hybridized carbons (Fsp3) is 0.600. The van der Waals surface area contributed by atoms with Crippen LogP contribution < -0.4 is 4.74 Å². The van der Waals surface area contributed by atoms with Gasteiger partial charge >= 0.3 is 0 Å². The Morgan fingerprint density at radius 3 is 2.74 bits per heavy atom. The summed E-state index contributed by atoms with van der Waals surface area (Å²) in [7, 11) is 0. The zero-order chi connectivity index (χ0) is 19.3. The van der Waals surface area contributed by atoms with E-state index in [0.29, 0.717) is 24.6 Å². The molecule has 2 saturated heterocycles. The van der Waals surface area contributed by atoms with Crippen LogP contribution in [0.1, 0.15) is 38.2 Å². The highest BCUT2D eigenvalue weighted by molar-refractivity contribution is 6.05. The lowest BCUT2D eigenvalue weighted by atomic mass is 9.97. The summed E-state index contributed by atoms with van der Waals surface area (Å²) >= 11 is 0. The average molecular weight is 374 g/mol. The van der Waals surface area contributed by atoms with Crippen molar-refractivity contribution in [2.24, 2.45) is 5.41 Å². The molecule has 2 fully saturated rings. The van der Waals surface area contributed by atoms with Crippen LogP contribution in [0.5, 0.6) is 5.75 Å². The summed E-state index contributed by atoms with van der Waals surface area (Å²) in [6.45, 7) is 9.28. The molecule has 0 amide bonds. The van der Waals surface area contributed by atoms with Crippen molar-refractivity contribution in [1.82, 2.24) is 9.78 Å². The minimum atomic E-state index is -0.606. The Morgan fingerprint density at radius 2 is 2.04 bits per heavy atom. The van der Waals surface area contributed by atoms with Crippen LogP contribution in [0, 0.1) is 5.41 Å². The molecule has 146 valence electrons. The van der Waals surface area contributed by atoms with Gasteiger partial charge in [0.1, 0.15) is 29.8 Å². The Kier molecular flexibility index (Phi) is 4.49.